The van der Waals surface area contributed by atoms with Crippen LogP contribution in [0.3, 0.4) is 0 Å². The van der Waals surface area contributed by atoms with Gasteiger partial charge in [0.2, 0.25) is 11.8 Å². The number of hydrogen-bond acceptors (Lipinski definition) is 4. The molecule has 2 amide bonds. The number of para-hydroxylation sites is 1. The number of likely N-dealkylation sites (tertiary alicyclic amines) is 2. The number of carbonyl (C=O) groups excluding carboxylic acids is 2. The summed E-state index contributed by atoms with van der Waals surface area (Å²) in [6.07, 6.45) is 6.43. The van der Waals surface area contributed by atoms with Crippen LogP contribution in [0, 0.1) is 5.92 Å². The molecule has 1 aromatic heterocycles. The molecule has 6 nitrogen and oxygen atoms in total. The number of piperidine rings is 1. The first-order chi connectivity index (χ1) is 14.6. The maximum Gasteiger partial charge on any atom is 0.237 e. The second kappa shape index (κ2) is 7.51. The molecule has 0 saturated carbocycles. The van der Waals surface area contributed by atoms with Crippen LogP contribution < -0.4 is 5.32 Å². The van der Waals surface area contributed by atoms with E-state index >= 15 is 0 Å². The predicted molar refractivity (Wildman–Crippen MR) is 115 cm³/mol. The van der Waals surface area contributed by atoms with E-state index in [1.165, 1.54) is 0 Å². The van der Waals surface area contributed by atoms with E-state index in [4.69, 9.17) is 0 Å². The number of rotatable bonds is 3. The van der Waals surface area contributed by atoms with Crippen molar-refractivity contribution in [1.82, 2.24) is 14.8 Å². The molecule has 5 rings (SSSR count). The average molecular weight is 405 g/mol. The van der Waals surface area contributed by atoms with Crippen molar-refractivity contribution in [3.8, 4) is 0 Å². The Morgan fingerprint density at radius 1 is 1.17 bits per heavy atom. The fourth-order valence-corrected chi connectivity index (χ4v) is 5.46. The number of hydrogen-bond donors (Lipinski definition) is 1. The Morgan fingerprint density at radius 2 is 1.97 bits per heavy atom. The molecule has 2 aromatic rings. The quantitative estimate of drug-likeness (QED) is 0.854. The SMILES string of the molecule is CC1CCN(CC(=O)N2CCC3(C(=O)Nc4ccccc43)C2c2cccnc2)CC1. The van der Waals surface area contributed by atoms with E-state index in [0.29, 0.717) is 19.5 Å². The normalized spacial score (nSPS) is 26.8. The molecular formula is C24H28N4O2. The third kappa shape index (κ3) is 3.01. The Kier molecular flexibility index (Phi) is 4.82. The zero-order valence-corrected chi connectivity index (χ0v) is 17.4. The molecule has 0 bridgehead atoms. The zero-order valence-electron chi connectivity index (χ0n) is 17.4. The number of carbonyl (C=O) groups is 2. The van der Waals surface area contributed by atoms with Gasteiger partial charge in [-0.05, 0) is 61.5 Å². The number of benzene rings is 1. The summed E-state index contributed by atoms with van der Waals surface area (Å²) in [6, 6.07) is 11.4. The minimum atomic E-state index is -0.758. The molecular weight excluding hydrogens is 376 g/mol. The summed E-state index contributed by atoms with van der Waals surface area (Å²) in [5.41, 5.74) is 2.01. The second-order valence-corrected chi connectivity index (χ2v) is 8.96. The molecule has 2 atom stereocenters. The first kappa shape index (κ1) is 19.2. The van der Waals surface area contributed by atoms with Crippen molar-refractivity contribution in [3.63, 3.8) is 0 Å². The van der Waals surface area contributed by atoms with Crippen molar-refractivity contribution < 1.29 is 9.59 Å². The number of amides is 2. The fraction of sp³-hybridized carbons (Fsp3) is 0.458. The number of pyridine rings is 1. The van der Waals surface area contributed by atoms with Crippen LogP contribution >= 0.6 is 0 Å². The van der Waals surface area contributed by atoms with Crippen LogP contribution in [0.4, 0.5) is 5.69 Å². The number of nitrogens with zero attached hydrogens (tertiary/aromatic N) is 3. The second-order valence-electron chi connectivity index (χ2n) is 8.96. The van der Waals surface area contributed by atoms with Crippen LogP contribution in [0.15, 0.2) is 48.8 Å². The van der Waals surface area contributed by atoms with E-state index in [2.05, 4.69) is 22.1 Å². The molecule has 2 saturated heterocycles. The Labute approximate surface area is 177 Å². The molecule has 4 heterocycles. The largest absolute Gasteiger partial charge is 0.333 e. The first-order valence-corrected chi connectivity index (χ1v) is 10.9. The molecule has 6 heteroatoms. The number of anilines is 1. The number of nitrogens with one attached hydrogen (secondary N) is 1. The van der Waals surface area contributed by atoms with Gasteiger partial charge in [-0.3, -0.25) is 19.5 Å². The zero-order chi connectivity index (χ0) is 20.7. The third-order valence-corrected chi connectivity index (χ3v) is 7.14. The smallest absolute Gasteiger partial charge is 0.237 e. The highest BCUT2D eigenvalue weighted by Crippen LogP contribution is 2.54. The van der Waals surface area contributed by atoms with Crippen LogP contribution in [0.5, 0.6) is 0 Å². The van der Waals surface area contributed by atoms with Crippen molar-refractivity contribution in [2.45, 2.75) is 37.6 Å². The fourth-order valence-electron chi connectivity index (χ4n) is 5.46. The summed E-state index contributed by atoms with van der Waals surface area (Å²) in [5, 5.41) is 3.07. The molecule has 30 heavy (non-hydrogen) atoms. The Balaban J connectivity index is 1.50. The van der Waals surface area contributed by atoms with Gasteiger partial charge >= 0.3 is 0 Å². The molecule has 1 spiro atoms. The highest BCUT2D eigenvalue weighted by Gasteiger charge is 2.59. The lowest BCUT2D eigenvalue weighted by Gasteiger charge is -2.36. The van der Waals surface area contributed by atoms with E-state index in [9.17, 15) is 9.59 Å². The summed E-state index contributed by atoms with van der Waals surface area (Å²) < 4.78 is 0. The predicted octanol–water partition coefficient (Wildman–Crippen LogP) is 2.98. The summed E-state index contributed by atoms with van der Waals surface area (Å²) in [4.78, 5) is 35.3. The van der Waals surface area contributed by atoms with Crippen molar-refractivity contribution in [2.75, 3.05) is 31.5 Å². The van der Waals surface area contributed by atoms with E-state index in [1.54, 1.807) is 12.4 Å². The van der Waals surface area contributed by atoms with E-state index in [1.807, 2.05) is 41.3 Å². The lowest BCUT2D eigenvalue weighted by atomic mass is 9.73. The monoisotopic (exact) mass is 404 g/mol. The molecule has 2 unspecified atom stereocenters. The van der Waals surface area contributed by atoms with Gasteiger partial charge in [0.25, 0.3) is 0 Å². The summed E-state index contributed by atoms with van der Waals surface area (Å²) >= 11 is 0. The topological polar surface area (TPSA) is 65.5 Å². The average Bonchev–Trinajstić information content (AvgIpc) is 3.30. The van der Waals surface area contributed by atoms with Crippen LogP contribution in [-0.2, 0) is 15.0 Å². The maximum atomic E-state index is 13.5. The lowest BCUT2D eigenvalue weighted by Crippen LogP contribution is -2.46. The van der Waals surface area contributed by atoms with Crippen LogP contribution in [0.1, 0.15) is 43.4 Å². The van der Waals surface area contributed by atoms with Crippen molar-refractivity contribution in [1.29, 1.82) is 0 Å². The highest BCUT2D eigenvalue weighted by molar-refractivity contribution is 6.07. The van der Waals surface area contributed by atoms with Gasteiger partial charge in [-0.15, -0.1) is 0 Å². The molecule has 3 aliphatic heterocycles. The van der Waals surface area contributed by atoms with Crippen LogP contribution in [0.2, 0.25) is 0 Å². The maximum absolute atomic E-state index is 13.5. The van der Waals surface area contributed by atoms with Gasteiger partial charge in [0, 0.05) is 24.6 Å². The minimum absolute atomic E-state index is 0.0142. The Morgan fingerprint density at radius 3 is 2.73 bits per heavy atom. The minimum Gasteiger partial charge on any atom is -0.333 e. The van der Waals surface area contributed by atoms with Gasteiger partial charge in [-0.1, -0.05) is 31.2 Å². The third-order valence-electron chi connectivity index (χ3n) is 7.14. The molecule has 3 aliphatic rings. The Bertz CT molecular complexity index is 955. The Hall–Kier alpha value is -2.73. The van der Waals surface area contributed by atoms with Crippen molar-refractivity contribution in [2.24, 2.45) is 5.92 Å². The van der Waals surface area contributed by atoms with Gasteiger partial charge in [0.1, 0.15) is 5.41 Å². The molecule has 2 fully saturated rings. The van der Waals surface area contributed by atoms with Crippen molar-refractivity contribution in [3.05, 3.63) is 59.9 Å². The van der Waals surface area contributed by atoms with Gasteiger partial charge < -0.3 is 10.2 Å². The van der Waals surface area contributed by atoms with Gasteiger partial charge in [0.15, 0.2) is 0 Å². The summed E-state index contributed by atoms with van der Waals surface area (Å²) in [6.45, 7) is 5.20. The van der Waals surface area contributed by atoms with E-state index in [0.717, 1.165) is 48.7 Å². The molecule has 156 valence electrons. The number of aromatic nitrogens is 1. The van der Waals surface area contributed by atoms with Crippen molar-refractivity contribution >= 4 is 17.5 Å². The lowest BCUT2D eigenvalue weighted by molar-refractivity contribution is -0.135. The van der Waals surface area contributed by atoms with Crippen LogP contribution in [0.25, 0.3) is 0 Å². The van der Waals surface area contributed by atoms with E-state index in [-0.39, 0.29) is 17.9 Å². The molecule has 0 aliphatic carbocycles. The van der Waals surface area contributed by atoms with Gasteiger partial charge in [-0.2, -0.15) is 0 Å². The molecule has 1 N–H and O–H groups in total. The molecule has 0 radical (unpaired) electrons. The van der Waals surface area contributed by atoms with Crippen LogP contribution in [-0.4, -0.2) is 52.8 Å². The molecule has 1 aromatic carbocycles. The highest BCUT2D eigenvalue weighted by atomic mass is 16.2. The first-order valence-electron chi connectivity index (χ1n) is 10.9. The van der Waals surface area contributed by atoms with Gasteiger partial charge in [-0.25, -0.2) is 0 Å². The van der Waals surface area contributed by atoms with E-state index < -0.39 is 5.41 Å². The summed E-state index contributed by atoms with van der Waals surface area (Å²) in [7, 11) is 0. The number of fused-ring (bicyclic) bond motifs is 2. The standard InChI is InChI=1S/C24H28N4O2/c1-17-8-12-27(13-9-17)16-21(29)28-14-10-24(22(28)18-5-4-11-25-15-18)19-6-2-3-7-20(19)26-23(24)30/h2-7,11,15,17,22H,8-10,12-14,16H2,1H3,(H,26,30). The van der Waals surface area contributed by atoms with Gasteiger partial charge in [0.05, 0.1) is 12.6 Å². The summed E-state index contributed by atoms with van der Waals surface area (Å²) in [5.74, 6) is 0.820.